The fourth-order valence-electron chi connectivity index (χ4n) is 1.74. The average Bonchev–Trinajstić information content (AvgIpc) is 2.35. The van der Waals surface area contributed by atoms with Crippen LogP contribution < -0.4 is 10.5 Å². The summed E-state index contributed by atoms with van der Waals surface area (Å²) in [6.07, 6.45) is 2.08. The third-order valence-electron chi connectivity index (χ3n) is 2.71. The van der Waals surface area contributed by atoms with E-state index < -0.39 is 0 Å². The summed E-state index contributed by atoms with van der Waals surface area (Å²) >= 11 is 0. The van der Waals surface area contributed by atoms with E-state index in [2.05, 4.69) is 6.58 Å². The zero-order valence-corrected chi connectivity index (χ0v) is 11.6. The molecule has 0 atom stereocenters. The highest BCUT2D eigenvalue weighted by Crippen LogP contribution is 2.14. The standard InChI is InChI=1S/C15H22N2O2/c1-4-9-17(12(2)3)15(18)8-10-19-14-7-5-6-13(16)11-14/h4-7,11-12H,1,8-10,16H2,2-3H3. The molecular weight excluding hydrogens is 240 g/mol. The lowest BCUT2D eigenvalue weighted by Crippen LogP contribution is -2.37. The van der Waals surface area contributed by atoms with Crippen molar-refractivity contribution in [2.45, 2.75) is 26.3 Å². The molecule has 0 aliphatic heterocycles. The molecule has 4 nitrogen and oxygen atoms in total. The lowest BCUT2D eigenvalue weighted by molar-refractivity contribution is -0.132. The molecule has 1 amide bonds. The molecule has 0 bridgehead atoms. The summed E-state index contributed by atoms with van der Waals surface area (Å²) in [5.74, 6) is 0.756. The number of hydrogen-bond acceptors (Lipinski definition) is 3. The van der Waals surface area contributed by atoms with E-state index in [1.54, 1.807) is 23.1 Å². The quantitative estimate of drug-likeness (QED) is 0.606. The number of ether oxygens (including phenoxy) is 1. The first-order valence-corrected chi connectivity index (χ1v) is 6.43. The van der Waals surface area contributed by atoms with Crippen LogP contribution in [0.2, 0.25) is 0 Å². The molecule has 2 N–H and O–H groups in total. The molecule has 0 heterocycles. The number of nitrogens with zero attached hydrogens (tertiary/aromatic N) is 1. The van der Waals surface area contributed by atoms with Gasteiger partial charge in [-0.05, 0) is 26.0 Å². The Labute approximate surface area is 114 Å². The number of benzene rings is 1. The van der Waals surface area contributed by atoms with Gasteiger partial charge in [0, 0.05) is 24.3 Å². The minimum atomic E-state index is 0.0683. The number of amides is 1. The van der Waals surface area contributed by atoms with Crippen LogP contribution in [0.15, 0.2) is 36.9 Å². The summed E-state index contributed by atoms with van der Waals surface area (Å²) in [5, 5.41) is 0. The third kappa shape index (κ3) is 5.04. The Balaban J connectivity index is 2.43. The van der Waals surface area contributed by atoms with Gasteiger partial charge in [-0.25, -0.2) is 0 Å². The summed E-state index contributed by atoms with van der Waals surface area (Å²) in [7, 11) is 0. The van der Waals surface area contributed by atoms with Crippen LogP contribution in [0.1, 0.15) is 20.3 Å². The van der Waals surface area contributed by atoms with E-state index in [1.165, 1.54) is 0 Å². The Morgan fingerprint density at radius 2 is 2.26 bits per heavy atom. The largest absolute Gasteiger partial charge is 0.493 e. The van der Waals surface area contributed by atoms with Gasteiger partial charge < -0.3 is 15.4 Å². The minimum Gasteiger partial charge on any atom is -0.493 e. The van der Waals surface area contributed by atoms with Gasteiger partial charge in [0.15, 0.2) is 0 Å². The van der Waals surface area contributed by atoms with Crippen molar-refractivity contribution in [3.8, 4) is 5.75 Å². The summed E-state index contributed by atoms with van der Waals surface area (Å²) in [6, 6.07) is 7.35. The first kappa shape index (κ1) is 15.1. The van der Waals surface area contributed by atoms with Gasteiger partial charge in [0.25, 0.3) is 0 Å². The van der Waals surface area contributed by atoms with Gasteiger partial charge >= 0.3 is 0 Å². The van der Waals surface area contributed by atoms with E-state index >= 15 is 0 Å². The molecule has 1 aromatic rings. The lowest BCUT2D eigenvalue weighted by Gasteiger charge is -2.25. The highest BCUT2D eigenvalue weighted by atomic mass is 16.5. The summed E-state index contributed by atoms with van der Waals surface area (Å²) < 4.78 is 5.51. The number of nitrogens with two attached hydrogens (primary N) is 1. The Morgan fingerprint density at radius 3 is 2.84 bits per heavy atom. The maximum Gasteiger partial charge on any atom is 0.226 e. The van der Waals surface area contributed by atoms with Crippen molar-refractivity contribution in [1.82, 2.24) is 4.90 Å². The van der Waals surface area contributed by atoms with Gasteiger partial charge in [0.2, 0.25) is 5.91 Å². The van der Waals surface area contributed by atoms with Crippen LogP contribution >= 0.6 is 0 Å². The Bertz CT molecular complexity index is 430. The molecular formula is C15H22N2O2. The molecule has 0 aliphatic rings. The molecule has 0 aromatic heterocycles. The van der Waals surface area contributed by atoms with E-state index in [0.717, 1.165) is 0 Å². The molecule has 0 saturated carbocycles. The van der Waals surface area contributed by atoms with E-state index in [4.69, 9.17) is 10.5 Å². The highest BCUT2D eigenvalue weighted by Gasteiger charge is 2.15. The van der Waals surface area contributed by atoms with Crippen LogP contribution in [-0.4, -0.2) is 30.0 Å². The second kappa shape index (κ2) is 7.46. The SMILES string of the molecule is C=CCN(C(=O)CCOc1cccc(N)c1)C(C)C. The van der Waals surface area contributed by atoms with Gasteiger partial charge in [-0.2, -0.15) is 0 Å². The molecule has 104 valence electrons. The zero-order chi connectivity index (χ0) is 14.3. The molecule has 1 aromatic carbocycles. The van der Waals surface area contributed by atoms with E-state index in [9.17, 15) is 4.79 Å². The highest BCUT2D eigenvalue weighted by molar-refractivity contribution is 5.76. The molecule has 0 aliphatic carbocycles. The number of nitrogen functional groups attached to an aromatic ring is 1. The maximum absolute atomic E-state index is 12.0. The zero-order valence-electron chi connectivity index (χ0n) is 11.6. The number of carbonyl (C=O) groups excluding carboxylic acids is 1. The van der Waals surface area contributed by atoms with Gasteiger partial charge in [-0.3, -0.25) is 4.79 Å². The van der Waals surface area contributed by atoms with Crippen molar-refractivity contribution in [1.29, 1.82) is 0 Å². The molecule has 0 unspecified atom stereocenters. The van der Waals surface area contributed by atoms with Crippen LogP contribution in [0.5, 0.6) is 5.75 Å². The summed E-state index contributed by atoms with van der Waals surface area (Å²) in [5.41, 5.74) is 6.30. The monoisotopic (exact) mass is 262 g/mol. The van der Waals surface area contributed by atoms with E-state index in [-0.39, 0.29) is 11.9 Å². The second-order valence-corrected chi connectivity index (χ2v) is 4.60. The van der Waals surface area contributed by atoms with Crippen LogP contribution in [0.25, 0.3) is 0 Å². The molecule has 0 saturated heterocycles. The molecule has 0 radical (unpaired) electrons. The Morgan fingerprint density at radius 1 is 1.53 bits per heavy atom. The average molecular weight is 262 g/mol. The summed E-state index contributed by atoms with van der Waals surface area (Å²) in [4.78, 5) is 13.8. The van der Waals surface area contributed by atoms with Gasteiger partial charge in [0.05, 0.1) is 13.0 Å². The maximum atomic E-state index is 12.0. The van der Waals surface area contributed by atoms with Crippen molar-refractivity contribution < 1.29 is 9.53 Å². The third-order valence-corrected chi connectivity index (χ3v) is 2.71. The molecule has 0 fully saturated rings. The first-order valence-electron chi connectivity index (χ1n) is 6.43. The smallest absolute Gasteiger partial charge is 0.226 e. The van der Waals surface area contributed by atoms with Gasteiger partial charge in [0.1, 0.15) is 5.75 Å². The topological polar surface area (TPSA) is 55.6 Å². The van der Waals surface area contributed by atoms with Crippen molar-refractivity contribution in [3.63, 3.8) is 0 Å². The van der Waals surface area contributed by atoms with Crippen LogP contribution in [0.4, 0.5) is 5.69 Å². The summed E-state index contributed by atoms with van der Waals surface area (Å²) in [6.45, 7) is 8.55. The molecule has 19 heavy (non-hydrogen) atoms. The molecule has 0 spiro atoms. The van der Waals surface area contributed by atoms with Crippen molar-refractivity contribution >= 4 is 11.6 Å². The fraction of sp³-hybridized carbons (Fsp3) is 0.400. The number of anilines is 1. The fourth-order valence-corrected chi connectivity index (χ4v) is 1.74. The Kier molecular flexibility index (Phi) is 5.93. The van der Waals surface area contributed by atoms with Crippen molar-refractivity contribution in [2.75, 3.05) is 18.9 Å². The lowest BCUT2D eigenvalue weighted by atomic mass is 10.2. The van der Waals surface area contributed by atoms with Crippen LogP contribution in [-0.2, 0) is 4.79 Å². The number of hydrogen-bond donors (Lipinski definition) is 1. The predicted molar refractivity (Wildman–Crippen MR) is 78.0 cm³/mol. The predicted octanol–water partition coefficient (Wildman–Crippen LogP) is 2.46. The molecule has 4 heteroatoms. The van der Waals surface area contributed by atoms with Crippen LogP contribution in [0.3, 0.4) is 0 Å². The van der Waals surface area contributed by atoms with Gasteiger partial charge in [-0.1, -0.05) is 12.1 Å². The van der Waals surface area contributed by atoms with Crippen LogP contribution in [0, 0.1) is 0 Å². The minimum absolute atomic E-state index is 0.0683. The van der Waals surface area contributed by atoms with Crippen molar-refractivity contribution in [3.05, 3.63) is 36.9 Å². The first-order chi connectivity index (χ1) is 9.04. The second-order valence-electron chi connectivity index (χ2n) is 4.60. The Hall–Kier alpha value is -1.97. The van der Waals surface area contributed by atoms with E-state index in [1.807, 2.05) is 26.0 Å². The normalized spacial score (nSPS) is 10.3. The van der Waals surface area contributed by atoms with E-state index in [0.29, 0.717) is 31.0 Å². The number of rotatable bonds is 7. The number of carbonyl (C=O) groups is 1. The van der Waals surface area contributed by atoms with Crippen molar-refractivity contribution in [2.24, 2.45) is 0 Å². The molecule has 1 rings (SSSR count). The van der Waals surface area contributed by atoms with Gasteiger partial charge in [-0.15, -0.1) is 6.58 Å².